The van der Waals surface area contributed by atoms with Crippen LogP contribution >= 0.6 is 0 Å². The number of methoxy groups -OCH3 is 1. The van der Waals surface area contributed by atoms with Gasteiger partial charge in [-0.25, -0.2) is 8.42 Å². The Balaban J connectivity index is 1.67. The Morgan fingerprint density at radius 3 is 2.36 bits per heavy atom. The first kappa shape index (κ1) is 24.2. The largest absolute Gasteiger partial charge is 0.497 e. The first-order valence-electron chi connectivity index (χ1n) is 10.4. The summed E-state index contributed by atoms with van der Waals surface area (Å²) in [5.74, 6) is 1.29. The van der Waals surface area contributed by atoms with Crippen molar-refractivity contribution in [2.45, 2.75) is 50.8 Å². The zero-order valence-corrected chi connectivity index (χ0v) is 20.1. The molecule has 0 spiro atoms. The first-order valence-corrected chi connectivity index (χ1v) is 11.9. The number of hydrogen-bond acceptors (Lipinski definition) is 7. The minimum atomic E-state index is -3.86. The lowest BCUT2D eigenvalue weighted by Gasteiger charge is -2.13. The third-order valence-corrected chi connectivity index (χ3v) is 6.33. The molecule has 1 aromatic heterocycles. The summed E-state index contributed by atoms with van der Waals surface area (Å²) in [5, 5.41) is 6.67. The van der Waals surface area contributed by atoms with Crippen LogP contribution < -0.4 is 14.8 Å². The highest BCUT2D eigenvalue weighted by atomic mass is 32.2. The number of aromatic nitrogens is 2. The Hall–Kier alpha value is -3.40. The molecule has 0 aliphatic carbocycles. The Morgan fingerprint density at radius 2 is 1.76 bits per heavy atom. The summed E-state index contributed by atoms with van der Waals surface area (Å²) in [7, 11) is -2.33. The molecule has 0 bridgehead atoms. The molecule has 0 unspecified atom stereocenters. The molecule has 1 amide bonds. The van der Waals surface area contributed by atoms with Crippen LogP contribution in [-0.4, -0.2) is 31.6 Å². The van der Waals surface area contributed by atoms with Crippen LogP contribution in [0.25, 0.3) is 0 Å². The Labute approximate surface area is 193 Å². The van der Waals surface area contributed by atoms with Crippen molar-refractivity contribution in [2.75, 3.05) is 17.1 Å². The number of carbonyl (C=O) groups is 1. The van der Waals surface area contributed by atoms with Crippen LogP contribution in [0.5, 0.6) is 5.75 Å². The number of nitrogens with zero attached hydrogens (tertiary/aromatic N) is 2. The summed E-state index contributed by atoms with van der Waals surface area (Å²) >= 11 is 0. The van der Waals surface area contributed by atoms with Crippen molar-refractivity contribution in [3.05, 3.63) is 59.7 Å². The van der Waals surface area contributed by atoms with E-state index in [4.69, 9.17) is 9.26 Å². The van der Waals surface area contributed by atoms with E-state index in [1.54, 1.807) is 43.3 Å². The molecule has 9 nitrogen and oxygen atoms in total. The van der Waals surface area contributed by atoms with Crippen molar-refractivity contribution in [1.82, 2.24) is 10.1 Å². The van der Waals surface area contributed by atoms with E-state index in [2.05, 4.69) is 20.2 Å². The third-order valence-electron chi connectivity index (χ3n) is 4.81. The fourth-order valence-corrected chi connectivity index (χ4v) is 4.27. The standard InChI is InChI=1S/C23H28N4O5S/c1-15-6-7-17(24-20(28)12-13-21-25-22(26-32-21)23(2,3)4)14-19(15)33(29,30)27-16-8-10-18(31-5)11-9-16/h6-11,14,27H,12-13H2,1-5H3,(H,24,28). The van der Waals surface area contributed by atoms with Gasteiger partial charge < -0.3 is 14.6 Å². The Kier molecular flexibility index (Phi) is 7.06. The zero-order chi connectivity index (χ0) is 24.2. The van der Waals surface area contributed by atoms with Gasteiger partial charge in [0, 0.05) is 29.6 Å². The second-order valence-electron chi connectivity index (χ2n) is 8.62. The van der Waals surface area contributed by atoms with Crippen LogP contribution in [0.2, 0.25) is 0 Å². The second kappa shape index (κ2) is 9.62. The third kappa shape index (κ3) is 6.32. The SMILES string of the molecule is COc1ccc(NS(=O)(=O)c2cc(NC(=O)CCc3nc(C(C)(C)C)no3)ccc2C)cc1. The predicted octanol–water partition coefficient (Wildman–Crippen LogP) is 4.06. The van der Waals surface area contributed by atoms with Gasteiger partial charge in [0.05, 0.1) is 12.0 Å². The van der Waals surface area contributed by atoms with E-state index >= 15 is 0 Å². The highest BCUT2D eigenvalue weighted by Gasteiger charge is 2.21. The normalized spacial score (nSPS) is 11.8. The van der Waals surface area contributed by atoms with E-state index < -0.39 is 10.0 Å². The molecule has 0 saturated heterocycles. The number of anilines is 2. The van der Waals surface area contributed by atoms with Crippen molar-refractivity contribution < 1.29 is 22.5 Å². The summed E-state index contributed by atoms with van der Waals surface area (Å²) in [6.45, 7) is 7.61. The lowest BCUT2D eigenvalue weighted by atomic mass is 9.96. The van der Waals surface area contributed by atoms with Gasteiger partial charge in [0.2, 0.25) is 11.8 Å². The lowest BCUT2D eigenvalue weighted by Crippen LogP contribution is -2.16. The number of sulfonamides is 1. The van der Waals surface area contributed by atoms with Gasteiger partial charge in [0.1, 0.15) is 5.75 Å². The van der Waals surface area contributed by atoms with Crippen LogP contribution in [0.15, 0.2) is 51.9 Å². The molecule has 0 radical (unpaired) electrons. The minimum Gasteiger partial charge on any atom is -0.497 e. The molecule has 2 aromatic carbocycles. The second-order valence-corrected chi connectivity index (χ2v) is 10.3. The summed E-state index contributed by atoms with van der Waals surface area (Å²) in [6, 6.07) is 11.3. The number of ether oxygens (including phenoxy) is 1. The van der Waals surface area contributed by atoms with E-state index in [1.807, 2.05) is 20.8 Å². The van der Waals surface area contributed by atoms with E-state index in [0.717, 1.165) is 0 Å². The van der Waals surface area contributed by atoms with Gasteiger partial charge in [-0.15, -0.1) is 0 Å². The van der Waals surface area contributed by atoms with E-state index in [9.17, 15) is 13.2 Å². The molecule has 0 fully saturated rings. The van der Waals surface area contributed by atoms with Crippen LogP contribution in [0.3, 0.4) is 0 Å². The van der Waals surface area contributed by atoms with Crippen LogP contribution in [0.4, 0.5) is 11.4 Å². The molecule has 0 atom stereocenters. The molecule has 10 heteroatoms. The molecule has 3 rings (SSSR count). The number of aryl methyl sites for hydroxylation is 2. The highest BCUT2D eigenvalue weighted by molar-refractivity contribution is 7.92. The van der Waals surface area contributed by atoms with Gasteiger partial charge in [-0.1, -0.05) is 32.0 Å². The van der Waals surface area contributed by atoms with Gasteiger partial charge in [-0.2, -0.15) is 4.98 Å². The van der Waals surface area contributed by atoms with Gasteiger partial charge in [-0.3, -0.25) is 9.52 Å². The van der Waals surface area contributed by atoms with Crippen molar-refractivity contribution in [3.8, 4) is 5.75 Å². The van der Waals surface area contributed by atoms with Gasteiger partial charge >= 0.3 is 0 Å². The minimum absolute atomic E-state index is 0.0721. The Bertz CT molecular complexity index is 1230. The fraction of sp³-hybridized carbons (Fsp3) is 0.348. The molecule has 0 saturated carbocycles. The van der Waals surface area contributed by atoms with Crippen LogP contribution in [0, 0.1) is 6.92 Å². The van der Waals surface area contributed by atoms with E-state index in [-0.39, 0.29) is 29.1 Å². The number of hydrogen-bond donors (Lipinski definition) is 2. The first-order chi connectivity index (χ1) is 15.5. The summed E-state index contributed by atoms with van der Waals surface area (Å²) < 4.78 is 38.7. The fourth-order valence-electron chi connectivity index (χ4n) is 2.94. The summed E-state index contributed by atoms with van der Waals surface area (Å²) in [5.41, 5.74) is 1.09. The highest BCUT2D eigenvalue weighted by Crippen LogP contribution is 2.24. The molecule has 2 N–H and O–H groups in total. The molecule has 33 heavy (non-hydrogen) atoms. The molecule has 176 valence electrons. The number of rotatable bonds is 8. The number of carbonyl (C=O) groups excluding carboxylic acids is 1. The number of amides is 1. The Morgan fingerprint density at radius 1 is 1.09 bits per heavy atom. The predicted molar refractivity (Wildman–Crippen MR) is 125 cm³/mol. The molecule has 0 aliphatic heterocycles. The maximum atomic E-state index is 12.9. The molecule has 3 aromatic rings. The average molecular weight is 473 g/mol. The zero-order valence-electron chi connectivity index (χ0n) is 19.3. The van der Waals surface area contributed by atoms with Crippen molar-refractivity contribution in [1.29, 1.82) is 0 Å². The molecular weight excluding hydrogens is 444 g/mol. The topological polar surface area (TPSA) is 123 Å². The van der Waals surface area contributed by atoms with Crippen molar-refractivity contribution in [2.24, 2.45) is 0 Å². The monoisotopic (exact) mass is 472 g/mol. The summed E-state index contributed by atoms with van der Waals surface area (Å²) in [4.78, 5) is 16.8. The van der Waals surface area contributed by atoms with Gasteiger partial charge in [0.15, 0.2) is 5.82 Å². The van der Waals surface area contributed by atoms with Gasteiger partial charge in [-0.05, 0) is 48.9 Å². The molecule has 1 heterocycles. The maximum Gasteiger partial charge on any atom is 0.262 e. The van der Waals surface area contributed by atoms with E-state index in [0.29, 0.717) is 34.4 Å². The lowest BCUT2D eigenvalue weighted by molar-refractivity contribution is -0.116. The van der Waals surface area contributed by atoms with E-state index in [1.165, 1.54) is 13.2 Å². The summed E-state index contributed by atoms with van der Waals surface area (Å²) in [6.07, 6.45) is 0.400. The maximum absolute atomic E-state index is 12.9. The van der Waals surface area contributed by atoms with Gasteiger partial charge in [0.25, 0.3) is 10.0 Å². The number of benzene rings is 2. The number of nitrogens with one attached hydrogen (secondary N) is 2. The van der Waals surface area contributed by atoms with Crippen molar-refractivity contribution >= 4 is 27.3 Å². The van der Waals surface area contributed by atoms with Crippen LogP contribution in [-0.2, 0) is 26.7 Å². The van der Waals surface area contributed by atoms with Crippen LogP contribution in [0.1, 0.15) is 44.5 Å². The van der Waals surface area contributed by atoms with Crippen molar-refractivity contribution in [3.63, 3.8) is 0 Å². The molecule has 0 aliphatic rings. The quantitative estimate of drug-likeness (QED) is 0.507. The molecular formula is C23H28N4O5S. The smallest absolute Gasteiger partial charge is 0.262 e. The average Bonchev–Trinajstić information content (AvgIpc) is 3.24.